The molecule has 0 unspecified atom stereocenters. The third-order valence-electron chi connectivity index (χ3n) is 2.16. The van der Waals surface area contributed by atoms with Crippen LogP contribution >= 0.6 is 11.3 Å². The molecule has 14 heavy (non-hydrogen) atoms. The first kappa shape index (κ1) is 9.16. The van der Waals surface area contributed by atoms with Gasteiger partial charge in [-0.15, -0.1) is 0 Å². The normalized spacial score (nSPS) is 10.0. The number of aldehydes is 1. The summed E-state index contributed by atoms with van der Waals surface area (Å²) in [6.07, 6.45) is 1.76. The quantitative estimate of drug-likeness (QED) is 0.699. The zero-order valence-electron chi connectivity index (χ0n) is 7.64. The largest absolute Gasteiger partial charge is 0.298 e. The van der Waals surface area contributed by atoms with Crippen molar-refractivity contribution in [3.63, 3.8) is 0 Å². The lowest BCUT2D eigenvalue weighted by atomic mass is 10.0. The monoisotopic (exact) mass is 202 g/mol. The van der Waals surface area contributed by atoms with Gasteiger partial charge in [-0.1, -0.05) is 24.3 Å². The van der Waals surface area contributed by atoms with Crippen molar-refractivity contribution in [1.82, 2.24) is 0 Å². The highest BCUT2D eigenvalue weighted by Gasteiger charge is 2.01. The van der Waals surface area contributed by atoms with E-state index in [9.17, 15) is 4.79 Å². The first-order valence-electron chi connectivity index (χ1n) is 4.44. The molecular weight excluding hydrogens is 192 g/mol. The van der Waals surface area contributed by atoms with E-state index in [2.05, 4.69) is 16.8 Å². The molecule has 0 amide bonds. The van der Waals surface area contributed by atoms with Gasteiger partial charge in [-0.3, -0.25) is 4.79 Å². The predicted octanol–water partition coefficient (Wildman–Crippen LogP) is 3.15. The minimum atomic E-state index is 0.790. The van der Waals surface area contributed by atoms with Crippen molar-refractivity contribution in [3.8, 4) is 0 Å². The Hall–Kier alpha value is -1.41. The molecule has 2 rings (SSSR count). The van der Waals surface area contributed by atoms with E-state index in [4.69, 9.17) is 0 Å². The van der Waals surface area contributed by atoms with Crippen LogP contribution in [0, 0.1) is 0 Å². The van der Waals surface area contributed by atoms with Crippen LogP contribution in [0.5, 0.6) is 0 Å². The fourth-order valence-corrected chi connectivity index (χ4v) is 2.09. The molecule has 70 valence electrons. The molecule has 1 aromatic heterocycles. The maximum absolute atomic E-state index is 10.8. The van der Waals surface area contributed by atoms with Crippen LogP contribution in [-0.2, 0) is 6.42 Å². The lowest BCUT2D eigenvalue weighted by Gasteiger charge is -2.01. The summed E-state index contributed by atoms with van der Waals surface area (Å²) < 4.78 is 0. The molecule has 1 nitrogen and oxygen atoms in total. The molecule has 0 atom stereocenters. The second-order valence-corrected chi connectivity index (χ2v) is 3.91. The van der Waals surface area contributed by atoms with E-state index >= 15 is 0 Å². The summed E-state index contributed by atoms with van der Waals surface area (Å²) in [6, 6.07) is 9.80. The molecule has 0 aliphatic carbocycles. The van der Waals surface area contributed by atoms with Crippen LogP contribution in [0.2, 0.25) is 0 Å². The number of benzene rings is 1. The third-order valence-corrected chi connectivity index (χ3v) is 2.89. The van der Waals surface area contributed by atoms with Gasteiger partial charge in [0, 0.05) is 5.56 Å². The molecule has 0 N–H and O–H groups in total. The van der Waals surface area contributed by atoms with Crippen molar-refractivity contribution in [2.45, 2.75) is 6.42 Å². The van der Waals surface area contributed by atoms with Gasteiger partial charge in [-0.25, -0.2) is 0 Å². The second kappa shape index (κ2) is 4.20. The van der Waals surface area contributed by atoms with Gasteiger partial charge >= 0.3 is 0 Å². The smallest absolute Gasteiger partial charge is 0.150 e. The lowest BCUT2D eigenvalue weighted by molar-refractivity contribution is 0.112. The minimum Gasteiger partial charge on any atom is -0.298 e. The van der Waals surface area contributed by atoms with Crippen LogP contribution in [-0.4, -0.2) is 6.29 Å². The Kier molecular flexibility index (Phi) is 2.75. The van der Waals surface area contributed by atoms with Crippen molar-refractivity contribution in [2.75, 3.05) is 0 Å². The molecule has 0 aliphatic rings. The van der Waals surface area contributed by atoms with E-state index in [-0.39, 0.29) is 0 Å². The molecular formula is C12H10OS. The average Bonchev–Trinajstić information content (AvgIpc) is 2.71. The molecule has 0 spiro atoms. The Balaban J connectivity index is 2.28. The number of rotatable bonds is 3. The Morgan fingerprint density at radius 1 is 1.21 bits per heavy atom. The zero-order valence-corrected chi connectivity index (χ0v) is 8.46. The fraction of sp³-hybridized carbons (Fsp3) is 0.0833. The van der Waals surface area contributed by atoms with Crippen LogP contribution < -0.4 is 0 Å². The molecule has 2 aromatic rings. The molecule has 0 saturated carbocycles. The van der Waals surface area contributed by atoms with Gasteiger partial charge in [0.1, 0.15) is 6.29 Å². The Morgan fingerprint density at radius 3 is 2.79 bits per heavy atom. The van der Waals surface area contributed by atoms with Gasteiger partial charge < -0.3 is 0 Å². The van der Waals surface area contributed by atoms with Crippen LogP contribution in [0.3, 0.4) is 0 Å². The van der Waals surface area contributed by atoms with Gasteiger partial charge in [-0.2, -0.15) is 11.3 Å². The van der Waals surface area contributed by atoms with Gasteiger partial charge in [-0.05, 0) is 34.4 Å². The SMILES string of the molecule is O=Cc1ccccc1Cc1ccsc1. The summed E-state index contributed by atoms with van der Waals surface area (Å²) in [6.45, 7) is 0. The average molecular weight is 202 g/mol. The summed E-state index contributed by atoms with van der Waals surface area (Å²) in [7, 11) is 0. The molecule has 2 heteroatoms. The first-order valence-corrected chi connectivity index (χ1v) is 5.38. The van der Waals surface area contributed by atoms with Crippen molar-refractivity contribution < 1.29 is 4.79 Å². The molecule has 0 radical (unpaired) electrons. The Labute approximate surface area is 87.0 Å². The van der Waals surface area contributed by atoms with Gasteiger partial charge in [0.2, 0.25) is 0 Å². The number of hydrogen-bond acceptors (Lipinski definition) is 2. The van der Waals surface area contributed by atoms with Crippen molar-refractivity contribution in [3.05, 3.63) is 57.8 Å². The van der Waals surface area contributed by atoms with Gasteiger partial charge in [0.25, 0.3) is 0 Å². The maximum atomic E-state index is 10.8. The Morgan fingerprint density at radius 2 is 2.07 bits per heavy atom. The standard InChI is InChI=1S/C12H10OS/c13-8-12-4-2-1-3-11(12)7-10-5-6-14-9-10/h1-6,8-9H,7H2. The molecule has 0 fully saturated rings. The molecule has 1 aromatic carbocycles. The summed E-state index contributed by atoms with van der Waals surface area (Å²) in [5.74, 6) is 0. The number of thiophene rings is 1. The summed E-state index contributed by atoms with van der Waals surface area (Å²) in [5, 5.41) is 4.17. The number of carbonyl (C=O) groups is 1. The van der Waals surface area contributed by atoms with Crippen molar-refractivity contribution >= 4 is 17.6 Å². The fourth-order valence-electron chi connectivity index (χ4n) is 1.42. The van der Waals surface area contributed by atoms with E-state index in [0.717, 1.165) is 23.8 Å². The second-order valence-electron chi connectivity index (χ2n) is 3.13. The number of hydrogen-bond donors (Lipinski definition) is 0. The van der Waals surface area contributed by atoms with Crippen LogP contribution in [0.15, 0.2) is 41.1 Å². The van der Waals surface area contributed by atoms with Crippen LogP contribution in [0.4, 0.5) is 0 Å². The maximum Gasteiger partial charge on any atom is 0.150 e. The van der Waals surface area contributed by atoms with Crippen molar-refractivity contribution in [2.24, 2.45) is 0 Å². The first-order chi connectivity index (χ1) is 6.90. The minimum absolute atomic E-state index is 0.790. The van der Waals surface area contributed by atoms with Crippen LogP contribution in [0.25, 0.3) is 0 Å². The van der Waals surface area contributed by atoms with Gasteiger partial charge in [0.15, 0.2) is 0 Å². The van der Waals surface area contributed by atoms with E-state index in [1.165, 1.54) is 5.56 Å². The summed E-state index contributed by atoms with van der Waals surface area (Å²) in [5.41, 5.74) is 3.16. The van der Waals surface area contributed by atoms with E-state index in [1.54, 1.807) is 11.3 Å². The van der Waals surface area contributed by atoms with E-state index in [0.29, 0.717) is 0 Å². The third kappa shape index (κ3) is 1.91. The molecule has 0 saturated heterocycles. The highest BCUT2D eigenvalue weighted by molar-refractivity contribution is 7.07. The lowest BCUT2D eigenvalue weighted by Crippen LogP contribution is -1.92. The summed E-state index contributed by atoms with van der Waals surface area (Å²) in [4.78, 5) is 10.8. The van der Waals surface area contributed by atoms with E-state index in [1.807, 2.05) is 24.3 Å². The van der Waals surface area contributed by atoms with E-state index < -0.39 is 0 Å². The zero-order chi connectivity index (χ0) is 9.80. The van der Waals surface area contributed by atoms with Crippen LogP contribution in [0.1, 0.15) is 21.5 Å². The molecule has 1 heterocycles. The highest BCUT2D eigenvalue weighted by atomic mass is 32.1. The predicted molar refractivity (Wildman–Crippen MR) is 59.0 cm³/mol. The highest BCUT2D eigenvalue weighted by Crippen LogP contribution is 2.15. The van der Waals surface area contributed by atoms with Gasteiger partial charge in [0.05, 0.1) is 0 Å². The topological polar surface area (TPSA) is 17.1 Å². The van der Waals surface area contributed by atoms with Crippen molar-refractivity contribution in [1.29, 1.82) is 0 Å². The summed E-state index contributed by atoms with van der Waals surface area (Å²) >= 11 is 1.68. The number of carbonyl (C=O) groups excluding carboxylic acids is 1. The molecule has 0 bridgehead atoms. The Bertz CT molecular complexity index is 418. The molecule has 0 aliphatic heterocycles.